The first-order chi connectivity index (χ1) is 18.4. The summed E-state index contributed by atoms with van der Waals surface area (Å²) in [6.07, 6.45) is 0.0686. The predicted molar refractivity (Wildman–Crippen MR) is 149 cm³/mol. The summed E-state index contributed by atoms with van der Waals surface area (Å²) in [6.45, 7) is 3.87. The molecular formula is C27H28N4O5S2. The standard InChI is InChI=1S/C27H28N4O5S2/c1-5-36-22(32)14-19-15-37-26(28-19)31-25(33)16(2)38-27-29-23(17-6-10-20(34-3)11-7-17)24(30-27)18-8-12-21(35-4)13-9-18/h6-13,15-16H,5,14H2,1-4H3,(H,29,30)(H,28,31,33). The molecule has 2 aromatic carbocycles. The van der Waals surface area contributed by atoms with Gasteiger partial charge in [-0.2, -0.15) is 0 Å². The van der Waals surface area contributed by atoms with Crippen molar-refractivity contribution < 1.29 is 23.8 Å². The second-order valence-corrected chi connectivity index (χ2v) is 10.3. The van der Waals surface area contributed by atoms with Crippen molar-refractivity contribution in [1.29, 1.82) is 0 Å². The number of amides is 1. The van der Waals surface area contributed by atoms with Crippen LogP contribution < -0.4 is 14.8 Å². The maximum atomic E-state index is 12.9. The first kappa shape index (κ1) is 27.2. The summed E-state index contributed by atoms with van der Waals surface area (Å²) < 4.78 is 15.5. The molecule has 2 heterocycles. The van der Waals surface area contributed by atoms with Gasteiger partial charge in [-0.15, -0.1) is 11.3 Å². The molecule has 0 fully saturated rings. The van der Waals surface area contributed by atoms with Crippen molar-refractivity contribution in [3.8, 4) is 34.0 Å². The van der Waals surface area contributed by atoms with Crippen molar-refractivity contribution in [3.05, 3.63) is 59.6 Å². The molecule has 38 heavy (non-hydrogen) atoms. The lowest BCUT2D eigenvalue weighted by molar-refractivity contribution is -0.142. The van der Waals surface area contributed by atoms with E-state index < -0.39 is 5.25 Å². The molecule has 0 radical (unpaired) electrons. The van der Waals surface area contributed by atoms with Crippen molar-refractivity contribution >= 4 is 40.1 Å². The van der Waals surface area contributed by atoms with E-state index in [1.165, 1.54) is 23.1 Å². The van der Waals surface area contributed by atoms with Crippen molar-refractivity contribution in [1.82, 2.24) is 15.0 Å². The van der Waals surface area contributed by atoms with E-state index >= 15 is 0 Å². The summed E-state index contributed by atoms with van der Waals surface area (Å²) in [4.78, 5) is 37.1. The Kier molecular flexibility index (Phi) is 9.03. The molecule has 0 aliphatic rings. The van der Waals surface area contributed by atoms with E-state index in [0.29, 0.717) is 22.6 Å². The summed E-state index contributed by atoms with van der Waals surface area (Å²) in [5, 5.41) is 5.13. The Morgan fingerprint density at radius 2 is 1.63 bits per heavy atom. The number of imidazole rings is 1. The van der Waals surface area contributed by atoms with Crippen LogP contribution in [0.5, 0.6) is 11.5 Å². The number of carbonyl (C=O) groups excluding carboxylic acids is 2. The number of benzene rings is 2. The number of hydrogen-bond donors (Lipinski definition) is 2. The number of thiazole rings is 1. The van der Waals surface area contributed by atoms with Gasteiger partial charge in [-0.1, -0.05) is 11.8 Å². The van der Waals surface area contributed by atoms with Gasteiger partial charge >= 0.3 is 5.97 Å². The van der Waals surface area contributed by atoms with Crippen LogP contribution in [0.3, 0.4) is 0 Å². The smallest absolute Gasteiger partial charge is 0.311 e. The maximum absolute atomic E-state index is 12.9. The summed E-state index contributed by atoms with van der Waals surface area (Å²) in [5.41, 5.74) is 4.00. The molecule has 2 aromatic heterocycles. The zero-order valence-electron chi connectivity index (χ0n) is 21.4. The van der Waals surface area contributed by atoms with E-state index in [1.807, 2.05) is 48.5 Å². The molecule has 1 amide bonds. The molecule has 0 saturated carbocycles. The Bertz CT molecular complexity index is 1320. The normalized spacial score (nSPS) is 11.6. The van der Waals surface area contributed by atoms with Gasteiger partial charge < -0.3 is 24.5 Å². The third-order valence-corrected chi connectivity index (χ3v) is 7.29. The van der Waals surface area contributed by atoms with Crippen LogP contribution in [0.2, 0.25) is 0 Å². The van der Waals surface area contributed by atoms with Gasteiger partial charge in [0.2, 0.25) is 5.91 Å². The quantitative estimate of drug-likeness (QED) is 0.187. The van der Waals surface area contributed by atoms with Crippen LogP contribution in [-0.2, 0) is 20.7 Å². The van der Waals surface area contributed by atoms with Crippen LogP contribution in [0.1, 0.15) is 19.5 Å². The second-order valence-electron chi connectivity index (χ2n) is 8.10. The number of nitrogens with one attached hydrogen (secondary N) is 2. The zero-order chi connectivity index (χ0) is 27.1. The van der Waals surface area contributed by atoms with Crippen molar-refractivity contribution in [2.75, 3.05) is 26.1 Å². The van der Waals surface area contributed by atoms with Gasteiger partial charge in [0.1, 0.15) is 11.5 Å². The highest BCUT2D eigenvalue weighted by Crippen LogP contribution is 2.35. The monoisotopic (exact) mass is 552 g/mol. The number of rotatable bonds is 11. The Balaban J connectivity index is 1.51. The second kappa shape index (κ2) is 12.6. The Morgan fingerprint density at radius 3 is 2.24 bits per heavy atom. The van der Waals surface area contributed by atoms with E-state index in [9.17, 15) is 9.59 Å². The molecule has 4 rings (SSSR count). The minimum Gasteiger partial charge on any atom is -0.497 e. The third-order valence-electron chi connectivity index (χ3n) is 5.49. The first-order valence-electron chi connectivity index (χ1n) is 11.9. The van der Waals surface area contributed by atoms with Gasteiger partial charge in [0.25, 0.3) is 0 Å². The maximum Gasteiger partial charge on any atom is 0.311 e. The van der Waals surface area contributed by atoms with Crippen molar-refractivity contribution in [2.24, 2.45) is 0 Å². The molecule has 1 unspecified atom stereocenters. The third kappa shape index (κ3) is 6.73. The average molecular weight is 553 g/mol. The summed E-state index contributed by atoms with van der Waals surface area (Å²) in [5.74, 6) is 0.938. The van der Waals surface area contributed by atoms with Crippen LogP contribution >= 0.6 is 23.1 Å². The fourth-order valence-electron chi connectivity index (χ4n) is 3.57. The van der Waals surface area contributed by atoms with Gasteiger partial charge in [0.05, 0.1) is 49.6 Å². The molecule has 0 aliphatic carbocycles. The number of nitrogens with zero attached hydrogens (tertiary/aromatic N) is 2. The Morgan fingerprint density at radius 1 is 1.00 bits per heavy atom. The number of methoxy groups -OCH3 is 2. The molecule has 1 atom stereocenters. The minimum atomic E-state index is -0.467. The molecule has 198 valence electrons. The minimum absolute atomic E-state index is 0.0686. The molecule has 9 nitrogen and oxygen atoms in total. The Hall–Kier alpha value is -3.83. The molecule has 0 spiro atoms. The Labute approximate surface area is 229 Å². The van der Waals surface area contributed by atoms with Crippen LogP contribution in [0.25, 0.3) is 22.5 Å². The fourth-order valence-corrected chi connectivity index (χ4v) is 5.08. The summed E-state index contributed by atoms with van der Waals surface area (Å²) >= 11 is 2.57. The van der Waals surface area contributed by atoms with Gasteiger partial charge in [0.15, 0.2) is 10.3 Å². The highest BCUT2D eigenvalue weighted by atomic mass is 32.2. The number of hydrogen-bond acceptors (Lipinski definition) is 9. The number of aromatic amines is 1. The van der Waals surface area contributed by atoms with Crippen LogP contribution in [0, 0.1) is 0 Å². The summed E-state index contributed by atoms with van der Waals surface area (Å²) in [7, 11) is 3.25. The zero-order valence-corrected chi connectivity index (χ0v) is 23.1. The van der Waals surface area contributed by atoms with E-state index in [4.69, 9.17) is 19.2 Å². The lowest BCUT2D eigenvalue weighted by atomic mass is 10.0. The predicted octanol–water partition coefficient (Wildman–Crippen LogP) is 5.44. The number of esters is 1. The first-order valence-corrected chi connectivity index (χ1v) is 13.6. The van der Waals surface area contributed by atoms with Crippen LogP contribution in [-0.4, -0.2) is 52.9 Å². The van der Waals surface area contributed by atoms with Gasteiger partial charge in [0, 0.05) is 16.5 Å². The lowest BCUT2D eigenvalue weighted by Crippen LogP contribution is -2.22. The highest BCUT2D eigenvalue weighted by molar-refractivity contribution is 8.00. The van der Waals surface area contributed by atoms with Gasteiger partial charge in [-0.25, -0.2) is 9.97 Å². The topological polar surface area (TPSA) is 115 Å². The largest absolute Gasteiger partial charge is 0.497 e. The number of thioether (sulfide) groups is 1. The fraction of sp³-hybridized carbons (Fsp3) is 0.259. The lowest BCUT2D eigenvalue weighted by Gasteiger charge is -2.08. The average Bonchev–Trinajstić information content (AvgIpc) is 3.55. The van der Waals surface area contributed by atoms with E-state index in [2.05, 4.69) is 15.3 Å². The van der Waals surface area contributed by atoms with Gasteiger partial charge in [-0.3, -0.25) is 9.59 Å². The number of anilines is 1. The molecule has 2 N–H and O–H groups in total. The van der Waals surface area contributed by atoms with Crippen molar-refractivity contribution in [2.45, 2.75) is 30.7 Å². The van der Waals surface area contributed by atoms with Gasteiger partial charge in [-0.05, 0) is 62.4 Å². The molecule has 0 saturated heterocycles. The van der Waals surface area contributed by atoms with E-state index in [1.54, 1.807) is 33.4 Å². The number of aromatic nitrogens is 3. The number of H-pyrrole nitrogens is 1. The van der Waals surface area contributed by atoms with Crippen LogP contribution in [0.15, 0.2) is 59.1 Å². The highest BCUT2D eigenvalue weighted by Gasteiger charge is 2.21. The van der Waals surface area contributed by atoms with E-state index in [-0.39, 0.29) is 18.3 Å². The summed E-state index contributed by atoms with van der Waals surface area (Å²) in [6, 6.07) is 15.4. The molecule has 4 aromatic rings. The van der Waals surface area contributed by atoms with Crippen LogP contribution in [0.4, 0.5) is 5.13 Å². The number of carbonyl (C=O) groups is 2. The molecule has 11 heteroatoms. The molecular weight excluding hydrogens is 524 g/mol. The number of ether oxygens (including phenoxy) is 3. The SMILES string of the molecule is CCOC(=O)Cc1csc(NC(=O)C(C)Sc2nc(-c3ccc(OC)cc3)c(-c3ccc(OC)cc3)[nH]2)n1. The van der Waals surface area contributed by atoms with Crippen molar-refractivity contribution in [3.63, 3.8) is 0 Å². The van der Waals surface area contributed by atoms with E-state index in [0.717, 1.165) is 34.0 Å². The molecule has 0 aliphatic heterocycles. The molecule has 0 bridgehead atoms.